The molecule has 1 unspecified atom stereocenters. The van der Waals surface area contributed by atoms with E-state index in [1.807, 2.05) is 13.8 Å². The fraction of sp³-hybridized carbons (Fsp3) is 0.500. The van der Waals surface area contributed by atoms with Crippen LogP contribution < -0.4 is 11.1 Å². The highest BCUT2D eigenvalue weighted by Crippen LogP contribution is 2.15. The van der Waals surface area contributed by atoms with Gasteiger partial charge in [0.2, 0.25) is 5.91 Å². The van der Waals surface area contributed by atoms with E-state index in [-0.39, 0.29) is 17.8 Å². The number of hydrogen-bond donors (Lipinski definition) is 2. The van der Waals surface area contributed by atoms with E-state index in [9.17, 15) is 9.18 Å². The van der Waals surface area contributed by atoms with Crippen LogP contribution in [0.1, 0.15) is 45.2 Å². The summed E-state index contributed by atoms with van der Waals surface area (Å²) in [5.74, 6) is -0.465. The molecule has 0 aliphatic rings. The van der Waals surface area contributed by atoms with Crippen LogP contribution in [0.15, 0.2) is 24.3 Å². The lowest BCUT2D eigenvalue weighted by Crippen LogP contribution is -2.52. The first-order valence-corrected chi connectivity index (χ1v) is 6.22. The summed E-state index contributed by atoms with van der Waals surface area (Å²) in [5.41, 5.74) is 5.95. The molecule has 0 saturated carbocycles. The van der Waals surface area contributed by atoms with Crippen molar-refractivity contribution in [2.45, 2.75) is 45.2 Å². The summed E-state index contributed by atoms with van der Waals surface area (Å²) >= 11 is 0. The summed E-state index contributed by atoms with van der Waals surface area (Å²) in [6.45, 7) is 5.57. The maximum Gasteiger partial charge on any atom is 0.240 e. The molecule has 0 heterocycles. The highest BCUT2D eigenvalue weighted by atomic mass is 19.1. The maximum absolute atomic E-state index is 12.8. The molecular weight excluding hydrogens is 231 g/mol. The van der Waals surface area contributed by atoms with Crippen molar-refractivity contribution >= 4 is 5.91 Å². The SMILES string of the molecule is CCCC(C)(N)C(=O)N[C@H](C)c1ccc(F)cc1. The van der Waals surface area contributed by atoms with Crippen molar-refractivity contribution < 1.29 is 9.18 Å². The van der Waals surface area contributed by atoms with Crippen molar-refractivity contribution in [3.63, 3.8) is 0 Å². The second-order valence-electron chi connectivity index (χ2n) is 4.91. The maximum atomic E-state index is 12.8. The van der Waals surface area contributed by atoms with Gasteiger partial charge in [0, 0.05) is 0 Å². The quantitative estimate of drug-likeness (QED) is 0.846. The van der Waals surface area contributed by atoms with Gasteiger partial charge in [0.25, 0.3) is 0 Å². The average Bonchev–Trinajstić information content (AvgIpc) is 2.29. The Kier molecular flexibility index (Phi) is 4.84. The van der Waals surface area contributed by atoms with E-state index in [1.54, 1.807) is 19.1 Å². The van der Waals surface area contributed by atoms with E-state index in [1.165, 1.54) is 12.1 Å². The minimum Gasteiger partial charge on any atom is -0.348 e. The number of halogens is 1. The molecule has 0 aliphatic carbocycles. The fourth-order valence-corrected chi connectivity index (χ4v) is 1.83. The first kappa shape index (κ1) is 14.6. The van der Waals surface area contributed by atoms with Crippen LogP contribution in [0.4, 0.5) is 4.39 Å². The molecule has 0 spiro atoms. The third-order valence-electron chi connectivity index (χ3n) is 3.01. The molecule has 1 aromatic carbocycles. The monoisotopic (exact) mass is 252 g/mol. The summed E-state index contributed by atoms with van der Waals surface area (Å²) in [4.78, 5) is 12.0. The van der Waals surface area contributed by atoms with Gasteiger partial charge in [-0.3, -0.25) is 4.79 Å². The predicted molar refractivity (Wildman–Crippen MR) is 70.5 cm³/mol. The molecule has 0 saturated heterocycles. The van der Waals surface area contributed by atoms with Gasteiger partial charge < -0.3 is 11.1 Å². The summed E-state index contributed by atoms with van der Waals surface area (Å²) in [6, 6.07) is 5.90. The Morgan fingerprint density at radius 3 is 2.50 bits per heavy atom. The molecule has 100 valence electrons. The highest BCUT2D eigenvalue weighted by Gasteiger charge is 2.28. The van der Waals surface area contributed by atoms with Gasteiger partial charge in [-0.25, -0.2) is 4.39 Å². The molecule has 0 aromatic heterocycles. The van der Waals surface area contributed by atoms with Crippen LogP contribution in [0, 0.1) is 5.82 Å². The fourth-order valence-electron chi connectivity index (χ4n) is 1.83. The summed E-state index contributed by atoms with van der Waals surface area (Å²) < 4.78 is 12.8. The Balaban J connectivity index is 2.67. The molecule has 1 amide bonds. The second-order valence-corrected chi connectivity index (χ2v) is 4.91. The number of nitrogens with two attached hydrogens (primary N) is 1. The van der Waals surface area contributed by atoms with Crippen LogP contribution in [0.5, 0.6) is 0 Å². The molecular formula is C14H21FN2O. The van der Waals surface area contributed by atoms with Crippen molar-refractivity contribution in [2.75, 3.05) is 0 Å². The van der Waals surface area contributed by atoms with Crippen LogP contribution in [0.2, 0.25) is 0 Å². The summed E-state index contributed by atoms with van der Waals surface area (Å²) in [5, 5.41) is 2.85. The van der Waals surface area contributed by atoms with Crippen molar-refractivity contribution in [3.8, 4) is 0 Å². The molecule has 1 aromatic rings. The smallest absolute Gasteiger partial charge is 0.240 e. The van der Waals surface area contributed by atoms with E-state index in [0.717, 1.165) is 12.0 Å². The lowest BCUT2D eigenvalue weighted by atomic mass is 9.95. The van der Waals surface area contributed by atoms with Crippen molar-refractivity contribution in [2.24, 2.45) is 5.73 Å². The first-order valence-electron chi connectivity index (χ1n) is 6.22. The van der Waals surface area contributed by atoms with Crippen LogP contribution in [-0.4, -0.2) is 11.4 Å². The van der Waals surface area contributed by atoms with E-state index < -0.39 is 5.54 Å². The zero-order valence-corrected chi connectivity index (χ0v) is 11.2. The normalized spacial score (nSPS) is 15.8. The molecule has 3 N–H and O–H groups in total. The van der Waals surface area contributed by atoms with Gasteiger partial charge in [-0.1, -0.05) is 25.5 Å². The zero-order valence-electron chi connectivity index (χ0n) is 11.2. The number of rotatable bonds is 5. The second kappa shape index (κ2) is 5.96. The number of hydrogen-bond acceptors (Lipinski definition) is 2. The number of carbonyl (C=O) groups is 1. The number of carbonyl (C=O) groups excluding carboxylic acids is 1. The van der Waals surface area contributed by atoms with E-state index in [2.05, 4.69) is 5.32 Å². The van der Waals surface area contributed by atoms with Crippen LogP contribution in [0.3, 0.4) is 0 Å². The minimum atomic E-state index is -0.858. The molecule has 4 heteroatoms. The first-order chi connectivity index (χ1) is 8.36. The van der Waals surface area contributed by atoms with Gasteiger partial charge >= 0.3 is 0 Å². The van der Waals surface area contributed by atoms with Crippen molar-refractivity contribution in [1.82, 2.24) is 5.32 Å². The van der Waals surface area contributed by atoms with E-state index >= 15 is 0 Å². The largest absolute Gasteiger partial charge is 0.348 e. The minimum absolute atomic E-state index is 0.179. The molecule has 0 aliphatic heterocycles. The van der Waals surface area contributed by atoms with Gasteiger partial charge in [-0.2, -0.15) is 0 Å². The lowest BCUT2D eigenvalue weighted by molar-refractivity contribution is -0.126. The van der Waals surface area contributed by atoms with Gasteiger partial charge in [0.15, 0.2) is 0 Å². The topological polar surface area (TPSA) is 55.1 Å². The van der Waals surface area contributed by atoms with Crippen LogP contribution in [0.25, 0.3) is 0 Å². The van der Waals surface area contributed by atoms with Crippen LogP contribution in [-0.2, 0) is 4.79 Å². The molecule has 0 radical (unpaired) electrons. The molecule has 3 nitrogen and oxygen atoms in total. The third-order valence-corrected chi connectivity index (χ3v) is 3.01. The van der Waals surface area contributed by atoms with E-state index in [0.29, 0.717) is 6.42 Å². The zero-order chi connectivity index (χ0) is 13.8. The highest BCUT2D eigenvalue weighted by molar-refractivity contribution is 5.85. The van der Waals surface area contributed by atoms with Crippen molar-refractivity contribution in [1.29, 1.82) is 0 Å². The predicted octanol–water partition coefficient (Wildman–Crippen LogP) is 2.52. The standard InChI is InChI=1S/C14H21FN2O/c1-4-9-14(3,16)13(18)17-10(2)11-5-7-12(15)8-6-11/h5-8,10H,4,9,16H2,1-3H3,(H,17,18)/t10-,14?/m1/s1. The number of nitrogens with one attached hydrogen (secondary N) is 1. The van der Waals surface area contributed by atoms with E-state index in [4.69, 9.17) is 5.73 Å². The third kappa shape index (κ3) is 3.81. The Morgan fingerprint density at radius 2 is 2.00 bits per heavy atom. The van der Waals surface area contributed by atoms with Crippen molar-refractivity contribution in [3.05, 3.63) is 35.6 Å². The Morgan fingerprint density at radius 1 is 1.44 bits per heavy atom. The van der Waals surface area contributed by atoms with Gasteiger partial charge in [-0.05, 0) is 38.0 Å². The Bertz CT molecular complexity index is 401. The molecule has 0 bridgehead atoms. The van der Waals surface area contributed by atoms with Gasteiger partial charge in [0.1, 0.15) is 5.82 Å². The molecule has 0 fully saturated rings. The Hall–Kier alpha value is -1.42. The summed E-state index contributed by atoms with van der Waals surface area (Å²) in [6.07, 6.45) is 1.49. The average molecular weight is 252 g/mol. The van der Waals surface area contributed by atoms with Crippen LogP contribution >= 0.6 is 0 Å². The molecule has 18 heavy (non-hydrogen) atoms. The number of amides is 1. The molecule has 1 rings (SSSR count). The van der Waals surface area contributed by atoms with Gasteiger partial charge in [0.05, 0.1) is 11.6 Å². The lowest BCUT2D eigenvalue weighted by Gasteiger charge is -2.25. The molecule has 2 atom stereocenters. The van der Waals surface area contributed by atoms with Gasteiger partial charge in [-0.15, -0.1) is 0 Å². The Labute approximate surface area is 108 Å². The number of benzene rings is 1. The summed E-state index contributed by atoms with van der Waals surface area (Å²) in [7, 11) is 0.